The average molecular weight is 486 g/mol. The molecule has 2 aromatic rings. The van der Waals surface area contributed by atoms with Crippen LogP contribution in [0, 0.1) is 23.2 Å². The van der Waals surface area contributed by atoms with Crippen LogP contribution in [0.15, 0.2) is 48.5 Å². The molecule has 0 spiro atoms. The van der Waals surface area contributed by atoms with E-state index in [9.17, 15) is 27.9 Å². The van der Waals surface area contributed by atoms with Crippen LogP contribution in [-0.4, -0.2) is 40.5 Å². The van der Waals surface area contributed by atoms with E-state index in [4.69, 9.17) is 5.26 Å². The minimum absolute atomic E-state index is 0.0245. The van der Waals surface area contributed by atoms with Gasteiger partial charge in [0, 0.05) is 37.0 Å². The molecule has 1 atom stereocenters. The van der Waals surface area contributed by atoms with Gasteiger partial charge in [-0.2, -0.15) is 18.4 Å². The molecule has 2 aromatic carbocycles. The lowest BCUT2D eigenvalue weighted by atomic mass is 9.76. The van der Waals surface area contributed by atoms with Gasteiger partial charge in [0.05, 0.1) is 17.2 Å². The van der Waals surface area contributed by atoms with Gasteiger partial charge in [0.2, 0.25) is 5.91 Å². The van der Waals surface area contributed by atoms with Crippen LogP contribution >= 0.6 is 0 Å². The van der Waals surface area contributed by atoms with Gasteiger partial charge in [-0.3, -0.25) is 9.59 Å². The first-order valence-electron chi connectivity index (χ1n) is 11.6. The molecule has 1 heterocycles. The van der Waals surface area contributed by atoms with Crippen molar-refractivity contribution < 1.29 is 27.9 Å². The molecule has 2 fully saturated rings. The highest BCUT2D eigenvalue weighted by Gasteiger charge is 2.46. The summed E-state index contributed by atoms with van der Waals surface area (Å²) in [6, 6.07) is 13.3. The van der Waals surface area contributed by atoms with Gasteiger partial charge < -0.3 is 15.3 Å². The number of hydrogen-bond donors (Lipinski definition) is 2. The molecule has 4 rings (SSSR count). The zero-order chi connectivity index (χ0) is 25.2. The molecule has 0 aromatic heterocycles. The van der Waals surface area contributed by atoms with Crippen LogP contribution in [0.4, 0.5) is 18.9 Å². The summed E-state index contributed by atoms with van der Waals surface area (Å²) in [6.45, 7) is 0.832. The third-order valence-electron chi connectivity index (χ3n) is 6.82. The summed E-state index contributed by atoms with van der Waals surface area (Å²) >= 11 is 0. The number of amides is 2. The Balaban J connectivity index is 1.57. The lowest BCUT2D eigenvalue weighted by Crippen LogP contribution is -2.54. The van der Waals surface area contributed by atoms with E-state index in [1.165, 1.54) is 12.1 Å². The minimum Gasteiger partial charge on any atom is -0.379 e. The van der Waals surface area contributed by atoms with E-state index in [1.807, 2.05) is 0 Å². The number of nitrogens with zero attached hydrogens (tertiary/aromatic N) is 2. The first-order chi connectivity index (χ1) is 16.6. The Morgan fingerprint density at radius 2 is 1.71 bits per heavy atom. The molecular formula is C26H26F3N3O3. The fraction of sp³-hybridized carbons (Fsp3) is 0.423. The summed E-state index contributed by atoms with van der Waals surface area (Å²) in [5.74, 6) is -1.12. The molecule has 35 heavy (non-hydrogen) atoms. The summed E-state index contributed by atoms with van der Waals surface area (Å²) in [5.41, 5.74) is -3.06. The first kappa shape index (κ1) is 24.7. The SMILES string of the molecule is N#Cc1ccc(NC(=O)C(O)(Cc2ccccc2)C2CCN(C(=O)C3CC3)CC2)cc1C(F)(F)F. The van der Waals surface area contributed by atoms with E-state index in [1.54, 1.807) is 35.2 Å². The van der Waals surface area contributed by atoms with Crippen molar-refractivity contribution in [2.45, 2.75) is 43.9 Å². The molecule has 1 unspecified atom stereocenters. The second-order valence-electron chi connectivity index (χ2n) is 9.28. The molecule has 6 nitrogen and oxygen atoms in total. The molecule has 1 saturated carbocycles. The highest BCUT2D eigenvalue weighted by molar-refractivity contribution is 5.97. The first-order valence-corrected chi connectivity index (χ1v) is 11.6. The van der Waals surface area contributed by atoms with Crippen LogP contribution in [0.3, 0.4) is 0 Å². The topological polar surface area (TPSA) is 93.4 Å². The summed E-state index contributed by atoms with van der Waals surface area (Å²) < 4.78 is 40.1. The number of hydrogen-bond acceptors (Lipinski definition) is 4. The minimum atomic E-state index is -4.77. The number of halogens is 3. The van der Waals surface area contributed by atoms with Crippen molar-refractivity contribution in [2.75, 3.05) is 18.4 Å². The predicted octanol–water partition coefficient (Wildman–Crippen LogP) is 4.14. The second kappa shape index (κ2) is 9.70. The van der Waals surface area contributed by atoms with E-state index < -0.39 is 34.7 Å². The average Bonchev–Trinajstić information content (AvgIpc) is 3.69. The van der Waals surface area contributed by atoms with Gasteiger partial charge in [0.15, 0.2) is 0 Å². The van der Waals surface area contributed by atoms with Crippen LogP contribution in [0.2, 0.25) is 0 Å². The van der Waals surface area contributed by atoms with Gasteiger partial charge in [-0.25, -0.2) is 0 Å². The summed E-state index contributed by atoms with van der Waals surface area (Å²) in [7, 11) is 0. The van der Waals surface area contributed by atoms with E-state index in [2.05, 4.69) is 5.32 Å². The number of aliphatic hydroxyl groups is 1. The van der Waals surface area contributed by atoms with Crippen molar-refractivity contribution in [1.29, 1.82) is 5.26 Å². The summed E-state index contributed by atoms with van der Waals surface area (Å²) in [6.07, 6.45) is -2.21. The van der Waals surface area contributed by atoms with Crippen molar-refractivity contribution in [3.8, 4) is 6.07 Å². The molecule has 2 amide bonds. The van der Waals surface area contributed by atoms with Gasteiger partial charge in [-0.15, -0.1) is 0 Å². The highest BCUT2D eigenvalue weighted by Crippen LogP contribution is 2.37. The molecule has 184 valence electrons. The van der Waals surface area contributed by atoms with Crippen LogP contribution < -0.4 is 5.32 Å². The number of carbonyl (C=O) groups is 2. The number of nitrogens with one attached hydrogen (secondary N) is 1. The standard InChI is InChI=1S/C26H26F3N3O3/c27-26(28,29)22-14-21(9-8-19(22)16-30)31-24(34)25(35,15-17-4-2-1-3-5-17)20-10-12-32(13-11-20)23(33)18-6-7-18/h1-5,8-9,14,18,20,35H,6-7,10-13,15H2,(H,31,34). The van der Waals surface area contributed by atoms with Crippen molar-refractivity contribution in [3.63, 3.8) is 0 Å². The predicted molar refractivity (Wildman–Crippen MR) is 122 cm³/mol. The molecule has 2 N–H and O–H groups in total. The highest BCUT2D eigenvalue weighted by atomic mass is 19.4. The number of anilines is 1. The summed E-state index contributed by atoms with van der Waals surface area (Å²) in [5, 5.41) is 23.2. The Kier molecular flexibility index (Phi) is 6.86. The molecule has 0 bridgehead atoms. The number of nitriles is 1. The Morgan fingerprint density at radius 1 is 1.06 bits per heavy atom. The number of alkyl halides is 3. The Hall–Kier alpha value is -3.38. The van der Waals surface area contributed by atoms with E-state index in [-0.39, 0.29) is 23.9 Å². The smallest absolute Gasteiger partial charge is 0.379 e. The van der Waals surface area contributed by atoms with E-state index >= 15 is 0 Å². The van der Waals surface area contributed by atoms with Crippen molar-refractivity contribution in [2.24, 2.45) is 11.8 Å². The van der Waals surface area contributed by atoms with Gasteiger partial charge in [0.25, 0.3) is 5.91 Å². The zero-order valence-corrected chi connectivity index (χ0v) is 19.0. The Bertz CT molecular complexity index is 1130. The molecule has 1 saturated heterocycles. The lowest BCUT2D eigenvalue weighted by Gasteiger charge is -2.40. The molecule has 1 aliphatic heterocycles. The maximum atomic E-state index is 13.4. The van der Waals surface area contributed by atoms with Gasteiger partial charge in [-0.1, -0.05) is 30.3 Å². The molecule has 9 heteroatoms. The Labute approximate surface area is 201 Å². The van der Waals surface area contributed by atoms with Gasteiger partial charge in [-0.05, 0) is 49.4 Å². The zero-order valence-electron chi connectivity index (χ0n) is 19.0. The van der Waals surface area contributed by atoms with Crippen LogP contribution in [0.5, 0.6) is 0 Å². The van der Waals surface area contributed by atoms with Crippen LogP contribution in [-0.2, 0) is 22.2 Å². The number of benzene rings is 2. The molecular weight excluding hydrogens is 459 g/mol. The van der Waals surface area contributed by atoms with Crippen LogP contribution in [0.1, 0.15) is 42.4 Å². The van der Waals surface area contributed by atoms with E-state index in [0.29, 0.717) is 37.6 Å². The Morgan fingerprint density at radius 3 is 2.29 bits per heavy atom. The van der Waals surface area contributed by atoms with Gasteiger partial charge >= 0.3 is 6.18 Å². The maximum absolute atomic E-state index is 13.4. The normalized spacial score (nSPS) is 18.4. The molecule has 1 aliphatic carbocycles. The lowest BCUT2D eigenvalue weighted by molar-refractivity contribution is -0.145. The van der Waals surface area contributed by atoms with Crippen molar-refractivity contribution in [3.05, 3.63) is 65.2 Å². The van der Waals surface area contributed by atoms with Crippen molar-refractivity contribution in [1.82, 2.24) is 4.90 Å². The second-order valence-corrected chi connectivity index (χ2v) is 9.28. The maximum Gasteiger partial charge on any atom is 0.417 e. The van der Waals surface area contributed by atoms with Crippen molar-refractivity contribution >= 4 is 17.5 Å². The fourth-order valence-corrected chi connectivity index (χ4v) is 4.68. The number of carbonyl (C=O) groups excluding carboxylic acids is 2. The largest absolute Gasteiger partial charge is 0.417 e. The van der Waals surface area contributed by atoms with E-state index in [0.717, 1.165) is 18.9 Å². The fourth-order valence-electron chi connectivity index (χ4n) is 4.68. The number of likely N-dealkylation sites (tertiary alicyclic amines) is 1. The third-order valence-corrected chi connectivity index (χ3v) is 6.82. The van der Waals surface area contributed by atoms with Crippen LogP contribution in [0.25, 0.3) is 0 Å². The molecule has 2 aliphatic rings. The third kappa shape index (κ3) is 5.49. The monoisotopic (exact) mass is 485 g/mol. The number of rotatable bonds is 6. The molecule has 0 radical (unpaired) electrons. The summed E-state index contributed by atoms with van der Waals surface area (Å²) in [4.78, 5) is 27.6. The van der Waals surface area contributed by atoms with Gasteiger partial charge in [0.1, 0.15) is 5.60 Å². The quantitative estimate of drug-likeness (QED) is 0.643. The number of piperidine rings is 1.